The fourth-order valence-corrected chi connectivity index (χ4v) is 4.06. The average Bonchev–Trinajstić information content (AvgIpc) is 2.85. The first kappa shape index (κ1) is 14.9. The Labute approximate surface area is 120 Å². The van der Waals surface area contributed by atoms with Gasteiger partial charge < -0.3 is 10.1 Å². The van der Waals surface area contributed by atoms with Crippen LogP contribution in [0, 0.1) is 0 Å². The van der Waals surface area contributed by atoms with Crippen molar-refractivity contribution >= 4 is 11.3 Å². The Morgan fingerprint density at radius 1 is 1.42 bits per heavy atom. The molecule has 1 aliphatic rings. The van der Waals surface area contributed by atoms with Gasteiger partial charge in [-0.2, -0.15) is 0 Å². The van der Waals surface area contributed by atoms with Gasteiger partial charge in [-0.25, -0.2) is 4.98 Å². The number of thiazole rings is 1. The fourth-order valence-electron chi connectivity index (χ4n) is 2.72. The third-order valence-electron chi connectivity index (χ3n) is 3.99. The van der Waals surface area contributed by atoms with Gasteiger partial charge in [0.2, 0.25) is 0 Å². The first-order valence-corrected chi connectivity index (χ1v) is 8.33. The maximum Gasteiger partial charge on any atom is 0.125 e. The lowest BCUT2D eigenvalue weighted by atomic mass is 9.97. The second-order valence-corrected chi connectivity index (χ2v) is 6.43. The van der Waals surface area contributed by atoms with E-state index in [-0.39, 0.29) is 5.60 Å². The van der Waals surface area contributed by atoms with Crippen molar-refractivity contribution < 1.29 is 4.74 Å². The molecule has 0 fully saturated rings. The summed E-state index contributed by atoms with van der Waals surface area (Å²) in [6.07, 6.45) is 4.63. The molecule has 0 amide bonds. The van der Waals surface area contributed by atoms with Crippen LogP contribution in [0.25, 0.3) is 0 Å². The van der Waals surface area contributed by atoms with Crippen molar-refractivity contribution in [2.24, 2.45) is 0 Å². The zero-order valence-corrected chi connectivity index (χ0v) is 13.4. The van der Waals surface area contributed by atoms with E-state index >= 15 is 0 Å². The molecule has 0 radical (unpaired) electrons. The number of ether oxygens (including phenoxy) is 1. The Morgan fingerprint density at radius 2 is 2.21 bits per heavy atom. The topological polar surface area (TPSA) is 34.1 Å². The van der Waals surface area contributed by atoms with Gasteiger partial charge in [-0.15, -0.1) is 11.3 Å². The second kappa shape index (κ2) is 6.33. The van der Waals surface area contributed by atoms with E-state index in [1.54, 1.807) is 0 Å². The third kappa shape index (κ3) is 3.01. The molecular weight excluding hydrogens is 256 g/mol. The van der Waals surface area contributed by atoms with Gasteiger partial charge in [-0.05, 0) is 46.1 Å². The van der Waals surface area contributed by atoms with E-state index in [4.69, 9.17) is 9.72 Å². The highest BCUT2D eigenvalue weighted by atomic mass is 32.1. The Bertz CT molecular complexity index is 418. The minimum atomic E-state index is -0.215. The predicted molar refractivity (Wildman–Crippen MR) is 80.7 cm³/mol. The second-order valence-electron chi connectivity index (χ2n) is 5.35. The van der Waals surface area contributed by atoms with Gasteiger partial charge in [0.15, 0.2) is 0 Å². The molecule has 3 nitrogen and oxygen atoms in total. The van der Waals surface area contributed by atoms with Crippen LogP contribution < -0.4 is 5.32 Å². The molecule has 2 rings (SSSR count). The highest BCUT2D eigenvalue weighted by molar-refractivity contribution is 7.11. The number of nitrogens with one attached hydrogen (secondary N) is 1. The Balaban J connectivity index is 2.30. The summed E-state index contributed by atoms with van der Waals surface area (Å²) in [5.74, 6) is 0. The van der Waals surface area contributed by atoms with Gasteiger partial charge in [0, 0.05) is 11.5 Å². The van der Waals surface area contributed by atoms with E-state index in [2.05, 4.69) is 33.0 Å². The van der Waals surface area contributed by atoms with E-state index < -0.39 is 0 Å². The number of aromatic nitrogens is 1. The molecule has 4 heteroatoms. The van der Waals surface area contributed by atoms with Crippen molar-refractivity contribution in [3.8, 4) is 0 Å². The van der Waals surface area contributed by atoms with E-state index in [1.165, 1.54) is 29.8 Å². The largest absolute Gasteiger partial charge is 0.368 e. The van der Waals surface area contributed by atoms with E-state index in [0.717, 1.165) is 24.6 Å². The van der Waals surface area contributed by atoms with Crippen molar-refractivity contribution in [1.29, 1.82) is 0 Å². The summed E-state index contributed by atoms with van der Waals surface area (Å²) < 4.78 is 5.97. The molecule has 0 aromatic carbocycles. The van der Waals surface area contributed by atoms with Crippen LogP contribution in [0.5, 0.6) is 0 Å². The molecule has 2 atom stereocenters. The zero-order chi connectivity index (χ0) is 13.9. The lowest BCUT2D eigenvalue weighted by molar-refractivity contribution is -0.0325. The molecule has 1 aliphatic carbocycles. The molecule has 19 heavy (non-hydrogen) atoms. The standard InChI is InChI=1S/C15H26N2OS/c1-5-15(4,18-7-3)14-17-13-11(16-6-2)9-8-10-12(13)19-14/h11,16H,5-10H2,1-4H3. The maximum atomic E-state index is 5.97. The highest BCUT2D eigenvalue weighted by Gasteiger charge is 2.32. The Kier molecular flexibility index (Phi) is 4.98. The first-order chi connectivity index (χ1) is 9.14. The van der Waals surface area contributed by atoms with Crippen LogP contribution in [0.1, 0.15) is 68.6 Å². The summed E-state index contributed by atoms with van der Waals surface area (Å²) in [6, 6.07) is 0.446. The highest BCUT2D eigenvalue weighted by Crippen LogP contribution is 2.39. The van der Waals surface area contributed by atoms with E-state index in [1.807, 2.05) is 11.3 Å². The molecule has 0 aliphatic heterocycles. The summed E-state index contributed by atoms with van der Waals surface area (Å²) in [4.78, 5) is 6.41. The molecule has 108 valence electrons. The van der Waals surface area contributed by atoms with Crippen molar-refractivity contribution in [3.05, 3.63) is 15.6 Å². The van der Waals surface area contributed by atoms with Crippen molar-refractivity contribution in [2.75, 3.05) is 13.2 Å². The Hall–Kier alpha value is -0.450. The van der Waals surface area contributed by atoms with Crippen LogP contribution in [0.15, 0.2) is 0 Å². The van der Waals surface area contributed by atoms with Gasteiger partial charge in [0.25, 0.3) is 0 Å². The molecular formula is C15H26N2OS. The summed E-state index contributed by atoms with van der Waals surface area (Å²) in [5, 5.41) is 4.72. The molecule has 1 heterocycles. The number of hydrogen-bond donors (Lipinski definition) is 1. The fraction of sp³-hybridized carbons (Fsp3) is 0.800. The summed E-state index contributed by atoms with van der Waals surface area (Å²) in [7, 11) is 0. The minimum Gasteiger partial charge on any atom is -0.368 e. The average molecular weight is 282 g/mol. The zero-order valence-electron chi connectivity index (χ0n) is 12.6. The minimum absolute atomic E-state index is 0.215. The molecule has 0 bridgehead atoms. The first-order valence-electron chi connectivity index (χ1n) is 7.52. The maximum absolute atomic E-state index is 5.97. The number of rotatable bonds is 6. The van der Waals surface area contributed by atoms with Gasteiger partial charge in [0.1, 0.15) is 10.6 Å². The monoisotopic (exact) mass is 282 g/mol. The molecule has 0 saturated carbocycles. The van der Waals surface area contributed by atoms with Crippen LogP contribution in [0.3, 0.4) is 0 Å². The van der Waals surface area contributed by atoms with Gasteiger partial charge in [-0.1, -0.05) is 13.8 Å². The molecule has 0 saturated heterocycles. The third-order valence-corrected chi connectivity index (χ3v) is 5.37. The summed E-state index contributed by atoms with van der Waals surface area (Å²) >= 11 is 1.86. The lowest BCUT2D eigenvalue weighted by Gasteiger charge is -2.25. The number of aryl methyl sites for hydroxylation is 1. The summed E-state index contributed by atoms with van der Waals surface area (Å²) in [6.45, 7) is 10.3. The molecule has 1 aromatic heterocycles. The van der Waals surface area contributed by atoms with Crippen LogP contribution >= 0.6 is 11.3 Å². The van der Waals surface area contributed by atoms with Crippen LogP contribution in [-0.2, 0) is 16.8 Å². The number of nitrogens with zero attached hydrogens (tertiary/aromatic N) is 1. The summed E-state index contributed by atoms with van der Waals surface area (Å²) in [5.41, 5.74) is 1.07. The number of fused-ring (bicyclic) bond motifs is 1. The normalized spacial score (nSPS) is 22.0. The Morgan fingerprint density at radius 3 is 2.84 bits per heavy atom. The van der Waals surface area contributed by atoms with Gasteiger partial charge in [0.05, 0.1) is 11.7 Å². The molecule has 1 aromatic rings. The van der Waals surface area contributed by atoms with Crippen molar-refractivity contribution in [1.82, 2.24) is 10.3 Å². The smallest absolute Gasteiger partial charge is 0.125 e. The molecule has 0 spiro atoms. The molecule has 1 N–H and O–H groups in total. The number of hydrogen-bond acceptors (Lipinski definition) is 4. The van der Waals surface area contributed by atoms with E-state index in [9.17, 15) is 0 Å². The SMILES string of the molecule is CCNC1CCCc2sc(C(C)(CC)OCC)nc21. The van der Waals surface area contributed by atoms with Crippen molar-refractivity contribution in [2.45, 2.75) is 65.0 Å². The van der Waals surface area contributed by atoms with Gasteiger partial charge in [-0.3, -0.25) is 0 Å². The molecule has 2 unspecified atom stereocenters. The lowest BCUT2D eigenvalue weighted by Crippen LogP contribution is -2.26. The van der Waals surface area contributed by atoms with Gasteiger partial charge >= 0.3 is 0 Å². The van der Waals surface area contributed by atoms with E-state index in [0.29, 0.717) is 6.04 Å². The van der Waals surface area contributed by atoms with Crippen molar-refractivity contribution in [3.63, 3.8) is 0 Å². The predicted octanol–water partition coefficient (Wildman–Crippen LogP) is 3.79. The quantitative estimate of drug-likeness (QED) is 0.862. The van der Waals surface area contributed by atoms with Crippen LogP contribution in [0.4, 0.5) is 0 Å². The van der Waals surface area contributed by atoms with Crippen LogP contribution in [-0.4, -0.2) is 18.1 Å². The van der Waals surface area contributed by atoms with Crippen LogP contribution in [0.2, 0.25) is 0 Å².